The van der Waals surface area contributed by atoms with Crippen LogP contribution in [0.25, 0.3) is 6.08 Å². The zero-order chi connectivity index (χ0) is 8.43. The highest BCUT2D eigenvalue weighted by Gasteiger charge is 2.01. The molecule has 0 aliphatic heterocycles. The number of hydrogen-bond acceptors (Lipinski definition) is 2. The summed E-state index contributed by atoms with van der Waals surface area (Å²) >= 11 is 0. The molecule has 1 heterocycles. The maximum absolute atomic E-state index is 11.1. The zero-order valence-electron chi connectivity index (χ0n) is 6.68. The smallest absolute Gasteiger partial charge is 0.343 e. The fourth-order valence-corrected chi connectivity index (χ4v) is 1.02. The molecule has 11 heavy (non-hydrogen) atoms. The zero-order valence-corrected chi connectivity index (χ0v) is 6.68. The largest absolute Gasteiger partial charge is 0.428 e. The van der Waals surface area contributed by atoms with Crippen LogP contribution in [-0.2, 0) is 0 Å². The highest BCUT2D eigenvalue weighted by atomic mass is 16.4. The van der Waals surface area contributed by atoms with Gasteiger partial charge in [-0.1, -0.05) is 12.7 Å². The number of aryl methyl sites for hydroxylation is 2. The standard InChI is InChI=1S/C9H10O2/c1-4-8-6(2)5-7(3)11-9(8)10/h4-5H,1H2,2-3H3. The summed E-state index contributed by atoms with van der Waals surface area (Å²) < 4.78 is 4.85. The molecule has 0 fully saturated rings. The minimum Gasteiger partial charge on any atom is -0.428 e. The lowest BCUT2D eigenvalue weighted by molar-refractivity contribution is 0.477. The van der Waals surface area contributed by atoms with Crippen LogP contribution in [0.1, 0.15) is 16.9 Å². The normalized spacial score (nSPS) is 9.64. The lowest BCUT2D eigenvalue weighted by atomic mass is 10.1. The Labute approximate surface area is 65.2 Å². The molecule has 0 spiro atoms. The molecular formula is C9H10O2. The van der Waals surface area contributed by atoms with Crippen LogP contribution in [0.5, 0.6) is 0 Å². The summed E-state index contributed by atoms with van der Waals surface area (Å²) in [5, 5.41) is 0. The Kier molecular flexibility index (Phi) is 1.94. The van der Waals surface area contributed by atoms with E-state index in [9.17, 15) is 4.79 Å². The van der Waals surface area contributed by atoms with Crippen LogP contribution in [0.4, 0.5) is 0 Å². The minimum atomic E-state index is -0.308. The molecule has 1 rings (SSSR count). The van der Waals surface area contributed by atoms with Gasteiger partial charge in [0.1, 0.15) is 5.76 Å². The lowest BCUT2D eigenvalue weighted by Gasteiger charge is -1.97. The number of rotatable bonds is 1. The van der Waals surface area contributed by atoms with Gasteiger partial charge in [-0.25, -0.2) is 4.79 Å². The van der Waals surface area contributed by atoms with Crippen LogP contribution in [-0.4, -0.2) is 0 Å². The molecule has 0 saturated heterocycles. The van der Waals surface area contributed by atoms with Gasteiger partial charge in [-0.05, 0) is 25.5 Å². The Balaban J connectivity index is 3.49. The van der Waals surface area contributed by atoms with Crippen molar-refractivity contribution in [3.63, 3.8) is 0 Å². The van der Waals surface area contributed by atoms with Crippen LogP contribution < -0.4 is 5.63 Å². The van der Waals surface area contributed by atoms with Gasteiger partial charge >= 0.3 is 5.63 Å². The van der Waals surface area contributed by atoms with Crippen molar-refractivity contribution in [2.24, 2.45) is 0 Å². The molecule has 0 radical (unpaired) electrons. The van der Waals surface area contributed by atoms with Crippen molar-refractivity contribution in [2.75, 3.05) is 0 Å². The fourth-order valence-electron chi connectivity index (χ4n) is 1.02. The van der Waals surface area contributed by atoms with Gasteiger partial charge in [0.05, 0.1) is 5.56 Å². The summed E-state index contributed by atoms with van der Waals surface area (Å²) in [6, 6.07) is 1.82. The summed E-state index contributed by atoms with van der Waals surface area (Å²) in [7, 11) is 0. The highest BCUT2D eigenvalue weighted by molar-refractivity contribution is 5.49. The van der Waals surface area contributed by atoms with E-state index in [0.29, 0.717) is 11.3 Å². The predicted octanol–water partition coefficient (Wildman–Crippen LogP) is 1.90. The summed E-state index contributed by atoms with van der Waals surface area (Å²) in [5.41, 5.74) is 1.15. The quantitative estimate of drug-likeness (QED) is 0.612. The first-order chi connectivity index (χ1) is 5.15. The third-order valence-electron chi connectivity index (χ3n) is 1.52. The Bertz CT molecular complexity index is 334. The minimum absolute atomic E-state index is 0.308. The summed E-state index contributed by atoms with van der Waals surface area (Å²) in [6.45, 7) is 7.14. The van der Waals surface area contributed by atoms with Crippen molar-refractivity contribution in [1.82, 2.24) is 0 Å². The van der Waals surface area contributed by atoms with E-state index >= 15 is 0 Å². The maximum Gasteiger partial charge on any atom is 0.343 e. The van der Waals surface area contributed by atoms with Gasteiger partial charge in [0.25, 0.3) is 0 Å². The van der Waals surface area contributed by atoms with E-state index < -0.39 is 0 Å². The third kappa shape index (κ3) is 1.40. The van der Waals surface area contributed by atoms with Gasteiger partial charge in [-0.3, -0.25) is 0 Å². The Hall–Kier alpha value is -1.31. The SMILES string of the molecule is C=Cc1c(C)cc(C)oc1=O. The second-order valence-electron chi connectivity index (χ2n) is 2.45. The molecule has 0 aromatic carbocycles. The molecule has 0 aliphatic carbocycles. The number of hydrogen-bond donors (Lipinski definition) is 0. The molecule has 0 unspecified atom stereocenters. The van der Waals surface area contributed by atoms with Gasteiger partial charge in [0, 0.05) is 0 Å². The average molecular weight is 150 g/mol. The monoisotopic (exact) mass is 150 g/mol. The van der Waals surface area contributed by atoms with Crippen molar-refractivity contribution >= 4 is 6.08 Å². The van der Waals surface area contributed by atoms with Crippen molar-refractivity contribution in [3.05, 3.63) is 40.0 Å². The predicted molar refractivity (Wildman–Crippen MR) is 44.5 cm³/mol. The first-order valence-electron chi connectivity index (χ1n) is 3.39. The molecule has 1 aromatic heterocycles. The van der Waals surface area contributed by atoms with Crippen LogP contribution in [0.2, 0.25) is 0 Å². The van der Waals surface area contributed by atoms with E-state index in [-0.39, 0.29) is 5.63 Å². The van der Waals surface area contributed by atoms with E-state index in [2.05, 4.69) is 6.58 Å². The summed E-state index contributed by atoms with van der Waals surface area (Å²) in [5.74, 6) is 0.637. The van der Waals surface area contributed by atoms with Gasteiger partial charge in [0.15, 0.2) is 0 Å². The van der Waals surface area contributed by atoms with Crippen molar-refractivity contribution in [1.29, 1.82) is 0 Å². The van der Waals surface area contributed by atoms with Crippen LogP contribution >= 0.6 is 0 Å². The molecule has 0 amide bonds. The van der Waals surface area contributed by atoms with Crippen molar-refractivity contribution in [3.8, 4) is 0 Å². The molecule has 0 saturated carbocycles. The van der Waals surface area contributed by atoms with Gasteiger partial charge in [0.2, 0.25) is 0 Å². The van der Waals surface area contributed by atoms with Gasteiger partial charge in [-0.15, -0.1) is 0 Å². The molecule has 2 heteroatoms. The second kappa shape index (κ2) is 2.74. The third-order valence-corrected chi connectivity index (χ3v) is 1.52. The molecule has 2 nitrogen and oxygen atoms in total. The molecule has 58 valence electrons. The van der Waals surface area contributed by atoms with E-state index in [4.69, 9.17) is 4.42 Å². The highest BCUT2D eigenvalue weighted by Crippen LogP contribution is 2.05. The van der Waals surface area contributed by atoms with Crippen molar-refractivity contribution in [2.45, 2.75) is 13.8 Å². The Morgan fingerprint density at radius 3 is 2.64 bits per heavy atom. The topological polar surface area (TPSA) is 30.2 Å². The van der Waals surface area contributed by atoms with E-state index in [1.807, 2.05) is 13.0 Å². The summed E-state index contributed by atoms with van der Waals surface area (Å²) in [6.07, 6.45) is 1.51. The average Bonchev–Trinajstić information content (AvgIpc) is 1.85. The Morgan fingerprint density at radius 2 is 2.18 bits per heavy atom. The fraction of sp³-hybridized carbons (Fsp3) is 0.222. The van der Waals surface area contributed by atoms with Gasteiger partial charge < -0.3 is 4.42 Å². The van der Waals surface area contributed by atoms with Crippen LogP contribution in [0, 0.1) is 13.8 Å². The van der Waals surface area contributed by atoms with Crippen LogP contribution in [0.3, 0.4) is 0 Å². The Morgan fingerprint density at radius 1 is 1.55 bits per heavy atom. The summed E-state index contributed by atoms with van der Waals surface area (Å²) in [4.78, 5) is 11.1. The first kappa shape index (κ1) is 7.79. The molecule has 0 atom stereocenters. The first-order valence-corrected chi connectivity index (χ1v) is 3.39. The van der Waals surface area contributed by atoms with Crippen molar-refractivity contribution < 1.29 is 4.42 Å². The molecular weight excluding hydrogens is 140 g/mol. The van der Waals surface area contributed by atoms with E-state index in [1.54, 1.807) is 6.92 Å². The molecule has 0 aliphatic rings. The van der Waals surface area contributed by atoms with E-state index in [1.165, 1.54) is 6.08 Å². The molecule has 0 N–H and O–H groups in total. The van der Waals surface area contributed by atoms with E-state index in [0.717, 1.165) is 5.56 Å². The van der Waals surface area contributed by atoms with Crippen LogP contribution in [0.15, 0.2) is 21.9 Å². The second-order valence-corrected chi connectivity index (χ2v) is 2.45. The molecule has 0 bridgehead atoms. The molecule has 1 aromatic rings. The van der Waals surface area contributed by atoms with Gasteiger partial charge in [-0.2, -0.15) is 0 Å². The maximum atomic E-state index is 11.1. The lowest BCUT2D eigenvalue weighted by Crippen LogP contribution is -2.05.